The molecule has 4 rings (SSSR count). The summed E-state index contributed by atoms with van der Waals surface area (Å²) in [6.45, 7) is 0.786. The van der Waals surface area contributed by atoms with Crippen LogP contribution >= 0.6 is 11.3 Å². The van der Waals surface area contributed by atoms with Crippen LogP contribution in [-0.2, 0) is 0 Å². The second-order valence-electron chi connectivity index (χ2n) is 6.29. The number of halogens is 1. The average Bonchev–Trinajstić information content (AvgIpc) is 2.99. The molecule has 134 valence electrons. The van der Waals surface area contributed by atoms with Crippen molar-refractivity contribution in [2.45, 2.75) is 19.0 Å². The number of alkyl halides is 1. The van der Waals surface area contributed by atoms with E-state index in [1.54, 1.807) is 4.90 Å². The normalized spacial score (nSPS) is 15.5. The van der Waals surface area contributed by atoms with Gasteiger partial charge in [0.15, 0.2) is 5.82 Å². The minimum atomic E-state index is -0.839. The Labute approximate surface area is 153 Å². The van der Waals surface area contributed by atoms with Crippen molar-refractivity contribution in [3.05, 3.63) is 35.2 Å². The smallest absolute Gasteiger partial charge is 0.266 e. The molecule has 1 aliphatic rings. The molecule has 1 aromatic carbocycles. The first kappa shape index (κ1) is 16.7. The number of carbonyl (C=O) groups is 1. The van der Waals surface area contributed by atoms with Gasteiger partial charge in [0.05, 0.1) is 11.1 Å². The molecule has 1 saturated heterocycles. The summed E-state index contributed by atoms with van der Waals surface area (Å²) in [5.41, 5.74) is 13.4. The summed E-state index contributed by atoms with van der Waals surface area (Å²) >= 11 is 1.21. The van der Waals surface area contributed by atoms with Crippen molar-refractivity contribution in [1.82, 2.24) is 14.9 Å². The Balaban J connectivity index is 1.74. The summed E-state index contributed by atoms with van der Waals surface area (Å²) in [5, 5.41) is 0.512. The molecule has 1 aliphatic heterocycles. The fraction of sp³-hybridized carbons (Fsp3) is 0.278. The maximum absolute atomic E-state index is 13.3. The summed E-state index contributed by atoms with van der Waals surface area (Å²) < 4.78 is 13.3. The summed E-state index contributed by atoms with van der Waals surface area (Å²) in [7, 11) is 0. The van der Waals surface area contributed by atoms with E-state index in [0.717, 1.165) is 5.56 Å². The van der Waals surface area contributed by atoms with E-state index in [9.17, 15) is 9.18 Å². The Kier molecular flexibility index (Phi) is 4.20. The van der Waals surface area contributed by atoms with Gasteiger partial charge in [0.2, 0.25) is 0 Å². The molecule has 0 atom stereocenters. The third-order valence-corrected chi connectivity index (χ3v) is 5.64. The molecule has 0 saturated carbocycles. The Hall–Kier alpha value is -2.74. The van der Waals surface area contributed by atoms with Crippen LogP contribution in [0.5, 0.6) is 0 Å². The van der Waals surface area contributed by atoms with Crippen molar-refractivity contribution in [2.24, 2.45) is 0 Å². The largest absolute Gasteiger partial charge is 0.397 e. The molecule has 0 radical (unpaired) electrons. The highest BCUT2D eigenvalue weighted by Gasteiger charge is 2.28. The molecule has 0 spiro atoms. The van der Waals surface area contributed by atoms with Gasteiger partial charge in [-0.2, -0.15) is 0 Å². The number of fused-ring (bicyclic) bond motifs is 1. The van der Waals surface area contributed by atoms with Crippen LogP contribution in [0.25, 0.3) is 21.6 Å². The second kappa shape index (κ2) is 6.53. The molecule has 1 fully saturated rings. The van der Waals surface area contributed by atoms with E-state index in [4.69, 9.17) is 11.5 Å². The van der Waals surface area contributed by atoms with Gasteiger partial charge in [0.1, 0.15) is 21.7 Å². The lowest BCUT2D eigenvalue weighted by molar-refractivity contribution is 0.0673. The van der Waals surface area contributed by atoms with E-state index in [-0.39, 0.29) is 11.7 Å². The lowest BCUT2D eigenvalue weighted by Crippen LogP contribution is -2.38. The SMILES string of the molecule is Nc1nc(-c2ccccc2)nc2sc(C(=O)N3CCC(F)CC3)c(N)c12. The number of amides is 1. The second-order valence-corrected chi connectivity index (χ2v) is 7.29. The monoisotopic (exact) mass is 371 g/mol. The highest BCUT2D eigenvalue weighted by molar-refractivity contribution is 7.21. The van der Waals surface area contributed by atoms with Crippen molar-refractivity contribution in [3.63, 3.8) is 0 Å². The van der Waals surface area contributed by atoms with Crippen LogP contribution in [0.4, 0.5) is 15.9 Å². The quantitative estimate of drug-likeness (QED) is 0.721. The van der Waals surface area contributed by atoms with E-state index < -0.39 is 6.17 Å². The maximum Gasteiger partial charge on any atom is 0.266 e. The van der Waals surface area contributed by atoms with Crippen LogP contribution in [0.3, 0.4) is 0 Å². The molecule has 8 heteroatoms. The number of aromatic nitrogens is 2. The molecular weight excluding hydrogens is 353 g/mol. The van der Waals surface area contributed by atoms with Crippen molar-refractivity contribution in [2.75, 3.05) is 24.6 Å². The van der Waals surface area contributed by atoms with Gasteiger partial charge in [-0.3, -0.25) is 4.79 Å². The Bertz CT molecular complexity index is 967. The van der Waals surface area contributed by atoms with Crippen LogP contribution in [0.15, 0.2) is 30.3 Å². The fourth-order valence-electron chi connectivity index (χ4n) is 3.12. The maximum atomic E-state index is 13.3. The number of carbonyl (C=O) groups excluding carboxylic acids is 1. The standard InChI is InChI=1S/C18H18FN5OS/c19-11-6-8-24(9-7-11)18(25)14-13(20)12-15(21)22-16(23-17(12)26-14)10-4-2-1-3-5-10/h1-5,11H,6-9,20H2,(H2,21,22,23). The van der Waals surface area contributed by atoms with Gasteiger partial charge in [-0.25, -0.2) is 14.4 Å². The molecule has 1 amide bonds. The number of benzene rings is 1. The van der Waals surface area contributed by atoms with Gasteiger partial charge in [-0.1, -0.05) is 30.3 Å². The van der Waals surface area contributed by atoms with Crippen molar-refractivity contribution in [1.29, 1.82) is 0 Å². The first-order valence-electron chi connectivity index (χ1n) is 8.39. The van der Waals surface area contributed by atoms with Crippen molar-refractivity contribution < 1.29 is 9.18 Å². The highest BCUT2D eigenvalue weighted by atomic mass is 32.1. The van der Waals surface area contributed by atoms with E-state index >= 15 is 0 Å². The molecule has 3 heterocycles. The number of piperidine rings is 1. The van der Waals surface area contributed by atoms with E-state index in [1.165, 1.54) is 11.3 Å². The summed E-state index contributed by atoms with van der Waals surface area (Å²) in [4.78, 5) is 24.3. The van der Waals surface area contributed by atoms with Gasteiger partial charge in [0.25, 0.3) is 5.91 Å². The first-order valence-corrected chi connectivity index (χ1v) is 9.20. The lowest BCUT2D eigenvalue weighted by atomic mass is 10.1. The van der Waals surface area contributed by atoms with Gasteiger partial charge in [-0.05, 0) is 12.8 Å². The predicted molar refractivity (Wildman–Crippen MR) is 102 cm³/mol. The Morgan fingerprint density at radius 3 is 2.54 bits per heavy atom. The van der Waals surface area contributed by atoms with E-state index in [2.05, 4.69) is 9.97 Å². The lowest BCUT2D eigenvalue weighted by Gasteiger charge is -2.28. The number of likely N-dealkylation sites (tertiary alicyclic amines) is 1. The van der Waals surface area contributed by atoms with Gasteiger partial charge in [0, 0.05) is 18.7 Å². The Morgan fingerprint density at radius 1 is 1.15 bits per heavy atom. The molecule has 0 aliphatic carbocycles. The number of nitrogens with zero attached hydrogens (tertiary/aromatic N) is 3. The van der Waals surface area contributed by atoms with Gasteiger partial charge >= 0.3 is 0 Å². The summed E-state index contributed by atoms with van der Waals surface area (Å²) in [5.74, 6) is 0.552. The number of rotatable bonds is 2. The molecule has 6 nitrogen and oxygen atoms in total. The zero-order chi connectivity index (χ0) is 18.3. The average molecular weight is 371 g/mol. The Morgan fingerprint density at radius 2 is 1.85 bits per heavy atom. The third kappa shape index (κ3) is 2.86. The molecule has 4 N–H and O–H groups in total. The summed E-state index contributed by atoms with van der Waals surface area (Å²) in [6, 6.07) is 9.48. The number of anilines is 2. The molecule has 0 bridgehead atoms. The fourth-order valence-corrected chi connectivity index (χ4v) is 4.19. The zero-order valence-corrected chi connectivity index (χ0v) is 14.8. The van der Waals surface area contributed by atoms with E-state index in [0.29, 0.717) is 52.5 Å². The number of hydrogen-bond acceptors (Lipinski definition) is 6. The van der Waals surface area contributed by atoms with Crippen LogP contribution < -0.4 is 11.5 Å². The van der Waals surface area contributed by atoms with Gasteiger partial charge in [-0.15, -0.1) is 11.3 Å². The van der Waals surface area contributed by atoms with Crippen LogP contribution in [-0.4, -0.2) is 40.0 Å². The zero-order valence-electron chi connectivity index (χ0n) is 14.0. The highest BCUT2D eigenvalue weighted by Crippen LogP contribution is 2.37. The third-order valence-electron chi connectivity index (χ3n) is 4.55. The van der Waals surface area contributed by atoms with Crippen molar-refractivity contribution >= 4 is 39.0 Å². The number of nitrogens with two attached hydrogens (primary N) is 2. The molecule has 0 unspecified atom stereocenters. The summed E-state index contributed by atoms with van der Waals surface area (Å²) in [6.07, 6.45) is -0.124. The van der Waals surface area contributed by atoms with Crippen LogP contribution in [0.2, 0.25) is 0 Å². The molecule has 26 heavy (non-hydrogen) atoms. The first-order chi connectivity index (χ1) is 12.5. The van der Waals surface area contributed by atoms with Crippen molar-refractivity contribution in [3.8, 4) is 11.4 Å². The molecular formula is C18H18FN5OS. The molecule has 3 aromatic rings. The van der Waals surface area contributed by atoms with Crippen LogP contribution in [0.1, 0.15) is 22.5 Å². The minimum Gasteiger partial charge on any atom is -0.397 e. The number of hydrogen-bond donors (Lipinski definition) is 2. The topological polar surface area (TPSA) is 98.1 Å². The predicted octanol–water partition coefficient (Wildman–Crippen LogP) is 3.10. The number of thiophene rings is 1. The van der Waals surface area contributed by atoms with Gasteiger partial charge < -0.3 is 16.4 Å². The number of nitrogen functional groups attached to an aromatic ring is 2. The minimum absolute atomic E-state index is 0.196. The van der Waals surface area contributed by atoms with E-state index in [1.807, 2.05) is 30.3 Å². The van der Waals surface area contributed by atoms with Crippen LogP contribution in [0, 0.1) is 0 Å². The molecule has 2 aromatic heterocycles.